The lowest BCUT2D eigenvalue weighted by Crippen LogP contribution is -2.23. The van der Waals surface area contributed by atoms with Crippen molar-refractivity contribution in [3.63, 3.8) is 0 Å². The molecule has 1 heterocycles. The monoisotopic (exact) mass is 335 g/mol. The third-order valence-corrected chi connectivity index (χ3v) is 4.04. The zero-order chi connectivity index (χ0) is 15.9. The van der Waals surface area contributed by atoms with Crippen LogP contribution in [0.1, 0.15) is 10.4 Å². The largest absolute Gasteiger partial charge is 0.493 e. The van der Waals surface area contributed by atoms with Crippen LogP contribution >= 0.6 is 23.6 Å². The summed E-state index contributed by atoms with van der Waals surface area (Å²) in [6.45, 7) is 2.04. The van der Waals surface area contributed by atoms with E-state index in [1.54, 1.807) is 37.8 Å². The van der Waals surface area contributed by atoms with Gasteiger partial charge < -0.3 is 14.8 Å². The molecule has 0 bridgehead atoms. The van der Waals surface area contributed by atoms with Crippen molar-refractivity contribution in [3.8, 4) is 11.5 Å². The highest BCUT2D eigenvalue weighted by Gasteiger charge is 2.05. The van der Waals surface area contributed by atoms with Gasteiger partial charge in [-0.05, 0) is 48.3 Å². The van der Waals surface area contributed by atoms with E-state index in [0.29, 0.717) is 16.6 Å². The maximum atomic E-state index is 5.24. The molecule has 0 aliphatic rings. The number of nitrogens with one attached hydrogen (secondary N) is 2. The Morgan fingerprint density at radius 3 is 2.64 bits per heavy atom. The lowest BCUT2D eigenvalue weighted by Gasteiger charge is -2.11. The molecule has 0 spiro atoms. The summed E-state index contributed by atoms with van der Waals surface area (Å²) < 4.78 is 10.4. The Morgan fingerprint density at radius 1 is 1.23 bits per heavy atom. The molecule has 0 aliphatic heterocycles. The Bertz CT molecular complexity index is 683. The van der Waals surface area contributed by atoms with Gasteiger partial charge in [-0.1, -0.05) is 0 Å². The molecule has 0 saturated heterocycles. The molecule has 2 N–H and O–H groups in total. The van der Waals surface area contributed by atoms with Crippen molar-refractivity contribution in [2.24, 2.45) is 5.10 Å². The molecular formula is C15H17N3O2S2. The predicted octanol–water partition coefficient (Wildman–Crippen LogP) is 3.39. The van der Waals surface area contributed by atoms with Gasteiger partial charge in [0.05, 0.1) is 20.4 Å². The molecule has 22 heavy (non-hydrogen) atoms. The third-order valence-electron chi connectivity index (χ3n) is 2.89. The lowest BCUT2D eigenvalue weighted by molar-refractivity contribution is 0.355. The summed E-state index contributed by atoms with van der Waals surface area (Å²) in [5, 5.41) is 9.59. The van der Waals surface area contributed by atoms with Gasteiger partial charge >= 0.3 is 0 Å². The van der Waals surface area contributed by atoms with Gasteiger partial charge in [-0.2, -0.15) is 5.10 Å². The second-order valence-corrected chi connectivity index (χ2v) is 5.72. The van der Waals surface area contributed by atoms with E-state index in [0.717, 1.165) is 10.6 Å². The number of anilines is 1. The van der Waals surface area contributed by atoms with E-state index in [-0.39, 0.29) is 0 Å². The number of aryl methyl sites for hydroxylation is 1. The van der Waals surface area contributed by atoms with E-state index in [2.05, 4.69) is 15.8 Å². The molecule has 116 valence electrons. The molecule has 0 fully saturated rings. The molecule has 7 heteroatoms. The normalized spacial score (nSPS) is 10.5. The maximum absolute atomic E-state index is 5.24. The van der Waals surface area contributed by atoms with Crippen molar-refractivity contribution in [2.75, 3.05) is 19.5 Å². The minimum absolute atomic E-state index is 0.401. The van der Waals surface area contributed by atoms with Gasteiger partial charge in [0.2, 0.25) is 0 Å². The molecule has 2 aromatic rings. The molecular weight excluding hydrogens is 318 g/mol. The van der Waals surface area contributed by atoms with Gasteiger partial charge in [-0.25, -0.2) is 0 Å². The van der Waals surface area contributed by atoms with Crippen LogP contribution in [0, 0.1) is 6.92 Å². The molecule has 0 saturated carbocycles. The van der Waals surface area contributed by atoms with E-state index in [1.165, 1.54) is 5.56 Å². The Hall–Kier alpha value is -2.12. The number of thiocarbonyl (C=S) groups is 1. The highest BCUT2D eigenvalue weighted by atomic mass is 32.1. The van der Waals surface area contributed by atoms with Crippen molar-refractivity contribution in [1.29, 1.82) is 0 Å². The summed E-state index contributed by atoms with van der Waals surface area (Å²) in [6, 6.07) is 7.51. The quantitative estimate of drug-likeness (QED) is 0.498. The summed E-state index contributed by atoms with van der Waals surface area (Å²) >= 11 is 6.83. The topological polar surface area (TPSA) is 54.9 Å². The number of hydrogen-bond donors (Lipinski definition) is 2. The first-order valence-electron chi connectivity index (χ1n) is 6.50. The number of thiophene rings is 1. The Morgan fingerprint density at radius 2 is 2.00 bits per heavy atom. The second kappa shape index (κ2) is 7.77. The zero-order valence-electron chi connectivity index (χ0n) is 12.5. The number of benzene rings is 1. The molecule has 0 aliphatic carbocycles. The fraction of sp³-hybridized carbons (Fsp3) is 0.200. The van der Waals surface area contributed by atoms with E-state index >= 15 is 0 Å². The van der Waals surface area contributed by atoms with Gasteiger partial charge in [0, 0.05) is 16.6 Å². The minimum Gasteiger partial charge on any atom is -0.493 e. The summed E-state index contributed by atoms with van der Waals surface area (Å²) in [7, 11) is 3.18. The van der Waals surface area contributed by atoms with Crippen molar-refractivity contribution in [2.45, 2.75) is 6.92 Å². The Labute approximate surface area is 139 Å². The summed E-state index contributed by atoms with van der Waals surface area (Å²) in [6.07, 6.45) is 1.75. The Balaban J connectivity index is 1.94. The van der Waals surface area contributed by atoms with Crippen LogP contribution in [0.15, 0.2) is 34.7 Å². The smallest absolute Gasteiger partial charge is 0.191 e. The third kappa shape index (κ3) is 4.19. The highest BCUT2D eigenvalue weighted by molar-refractivity contribution is 7.80. The van der Waals surface area contributed by atoms with Crippen molar-refractivity contribution in [3.05, 3.63) is 40.1 Å². The fourth-order valence-corrected chi connectivity index (χ4v) is 2.70. The van der Waals surface area contributed by atoms with Gasteiger partial charge in [-0.3, -0.25) is 5.43 Å². The van der Waals surface area contributed by atoms with Crippen molar-refractivity contribution < 1.29 is 9.47 Å². The van der Waals surface area contributed by atoms with Gasteiger partial charge in [-0.15, -0.1) is 11.3 Å². The lowest BCUT2D eigenvalue weighted by atomic mass is 10.3. The molecule has 0 amide bonds. The van der Waals surface area contributed by atoms with Crippen LogP contribution in [0.3, 0.4) is 0 Å². The fourth-order valence-electron chi connectivity index (χ4n) is 1.74. The highest BCUT2D eigenvalue weighted by Crippen LogP contribution is 2.29. The number of nitrogens with zero attached hydrogens (tertiary/aromatic N) is 1. The molecule has 0 unspecified atom stereocenters. The van der Waals surface area contributed by atoms with Gasteiger partial charge in [0.15, 0.2) is 16.6 Å². The first-order valence-corrected chi connectivity index (χ1v) is 7.79. The molecule has 0 radical (unpaired) electrons. The van der Waals surface area contributed by atoms with Crippen molar-refractivity contribution in [1.82, 2.24) is 5.43 Å². The van der Waals surface area contributed by atoms with Crippen LogP contribution in [0.25, 0.3) is 0 Å². The average Bonchev–Trinajstić information content (AvgIpc) is 2.92. The van der Waals surface area contributed by atoms with E-state index in [4.69, 9.17) is 21.7 Å². The minimum atomic E-state index is 0.401. The molecule has 5 nitrogen and oxygen atoms in total. The van der Waals surface area contributed by atoms with E-state index < -0.39 is 0 Å². The van der Waals surface area contributed by atoms with Crippen LogP contribution < -0.4 is 20.2 Å². The SMILES string of the molecule is COc1ccc(NC(=S)NN=Cc2sccc2C)cc1OC. The molecule has 2 rings (SSSR count). The van der Waals surface area contributed by atoms with E-state index in [1.807, 2.05) is 30.5 Å². The van der Waals surface area contributed by atoms with Crippen LogP contribution in [0.2, 0.25) is 0 Å². The number of methoxy groups -OCH3 is 2. The first-order chi connectivity index (χ1) is 10.6. The molecule has 1 aromatic heterocycles. The summed E-state index contributed by atoms with van der Waals surface area (Å²) in [4.78, 5) is 1.10. The number of rotatable bonds is 5. The van der Waals surface area contributed by atoms with Crippen LogP contribution in [0.4, 0.5) is 5.69 Å². The number of ether oxygens (including phenoxy) is 2. The van der Waals surface area contributed by atoms with Crippen molar-refractivity contribution >= 4 is 40.6 Å². The number of hydrazone groups is 1. The Kier molecular flexibility index (Phi) is 5.74. The zero-order valence-corrected chi connectivity index (χ0v) is 14.2. The van der Waals surface area contributed by atoms with Gasteiger partial charge in [0.1, 0.15) is 0 Å². The van der Waals surface area contributed by atoms with Gasteiger partial charge in [0.25, 0.3) is 0 Å². The average molecular weight is 335 g/mol. The maximum Gasteiger partial charge on any atom is 0.191 e. The predicted molar refractivity (Wildman–Crippen MR) is 95.6 cm³/mol. The van der Waals surface area contributed by atoms with E-state index in [9.17, 15) is 0 Å². The van der Waals surface area contributed by atoms with Crippen LogP contribution in [0.5, 0.6) is 11.5 Å². The molecule has 1 aromatic carbocycles. The first kappa shape index (κ1) is 16.3. The summed E-state index contributed by atoms with van der Waals surface area (Å²) in [5.74, 6) is 1.30. The second-order valence-electron chi connectivity index (χ2n) is 4.36. The molecule has 0 atom stereocenters. The van der Waals surface area contributed by atoms with Crippen LogP contribution in [-0.4, -0.2) is 25.5 Å². The van der Waals surface area contributed by atoms with Crippen LogP contribution in [-0.2, 0) is 0 Å². The number of hydrogen-bond acceptors (Lipinski definition) is 5. The standard InChI is InChI=1S/C15H17N3O2S2/c1-10-6-7-22-14(10)9-16-18-15(21)17-11-4-5-12(19-2)13(8-11)20-3/h4-9H,1-3H3,(H2,17,18,21). The summed E-state index contributed by atoms with van der Waals surface area (Å²) in [5.41, 5.74) is 4.77.